The maximum Gasteiger partial charge on any atom is 0.229 e. The molecule has 56 heavy (non-hydrogen) atoms. The molecule has 7 nitrogen and oxygen atoms in total. The van der Waals surface area contributed by atoms with Crippen molar-refractivity contribution in [3.8, 4) is 11.5 Å². The van der Waals surface area contributed by atoms with E-state index in [-0.39, 0.29) is 18.2 Å². The van der Waals surface area contributed by atoms with Crippen molar-refractivity contribution in [2.24, 2.45) is 0 Å². The Morgan fingerprint density at radius 1 is 0.732 bits per heavy atom. The Kier molecular flexibility index (Phi) is 15.5. The van der Waals surface area contributed by atoms with Gasteiger partial charge in [-0.3, -0.25) is 4.67 Å². The highest BCUT2D eigenvalue weighted by Gasteiger charge is 2.49. The topological polar surface area (TPSA) is 58.6 Å². The molecule has 1 fully saturated rings. The Bertz CT molecular complexity index is 1710. The number of benzene rings is 4. The van der Waals surface area contributed by atoms with Crippen LogP contribution in [0.15, 0.2) is 103 Å². The summed E-state index contributed by atoms with van der Waals surface area (Å²) in [6.07, 6.45) is 0.404. The van der Waals surface area contributed by atoms with E-state index in [1.807, 2.05) is 30.3 Å². The Labute approximate surface area is 340 Å². The molecule has 302 valence electrons. The fourth-order valence-electron chi connectivity index (χ4n) is 8.74. The molecule has 0 aromatic heterocycles. The molecule has 5 rings (SSSR count). The lowest BCUT2D eigenvalue weighted by molar-refractivity contribution is -0.0714. The lowest BCUT2D eigenvalue weighted by Crippen LogP contribution is -2.59. The molecule has 0 radical (unpaired) electrons. The Morgan fingerprint density at radius 2 is 1.23 bits per heavy atom. The smallest absolute Gasteiger partial charge is 0.229 e. The second-order valence-corrected chi connectivity index (χ2v) is 22.7. The summed E-state index contributed by atoms with van der Waals surface area (Å²) in [6, 6.07) is 36.8. The van der Waals surface area contributed by atoms with Crippen molar-refractivity contribution in [3.63, 3.8) is 0 Å². The number of nitrogens with zero attached hydrogens (tertiary/aromatic N) is 1. The fraction of sp³-hybridized carbons (Fsp3) is 0.478. The van der Waals surface area contributed by atoms with Gasteiger partial charge in [0.25, 0.3) is 0 Å². The zero-order chi connectivity index (χ0) is 40.6. The van der Waals surface area contributed by atoms with Gasteiger partial charge in [-0.25, -0.2) is 0 Å². The third-order valence-electron chi connectivity index (χ3n) is 11.3. The van der Waals surface area contributed by atoms with Crippen molar-refractivity contribution in [1.82, 2.24) is 4.67 Å². The molecule has 0 amide bonds. The summed E-state index contributed by atoms with van der Waals surface area (Å²) >= 11 is 0. The molecule has 4 aromatic rings. The lowest BCUT2D eigenvalue weighted by Gasteiger charge is -2.43. The van der Waals surface area contributed by atoms with E-state index >= 15 is 0 Å². The first-order valence-electron chi connectivity index (χ1n) is 20.3. The maximum atomic E-state index is 7.62. The molecule has 0 N–H and O–H groups in total. The van der Waals surface area contributed by atoms with E-state index in [0.29, 0.717) is 36.4 Å². The van der Waals surface area contributed by atoms with Crippen molar-refractivity contribution in [1.29, 1.82) is 0 Å². The van der Waals surface area contributed by atoms with Crippen LogP contribution < -0.4 is 14.7 Å². The van der Waals surface area contributed by atoms with E-state index in [1.54, 1.807) is 14.2 Å². The van der Waals surface area contributed by atoms with Crippen LogP contribution in [-0.4, -0.2) is 78.6 Å². The largest absolute Gasteiger partial charge is 0.497 e. The van der Waals surface area contributed by atoms with Gasteiger partial charge in [-0.05, 0) is 104 Å². The van der Waals surface area contributed by atoms with E-state index in [1.165, 1.54) is 10.8 Å². The highest BCUT2D eigenvalue weighted by molar-refractivity contribution is 7.49. The van der Waals surface area contributed by atoms with Gasteiger partial charge in [-0.15, -0.1) is 0 Å². The summed E-state index contributed by atoms with van der Waals surface area (Å²) in [5.41, 5.74) is 3.91. The maximum absolute atomic E-state index is 7.62. The molecule has 0 saturated carbocycles. The minimum atomic E-state index is -2.57. The van der Waals surface area contributed by atoms with Crippen LogP contribution in [-0.2, 0) is 30.6 Å². The lowest BCUT2D eigenvalue weighted by atomic mass is 9.80. The first-order chi connectivity index (χ1) is 26.8. The van der Waals surface area contributed by atoms with Gasteiger partial charge in [-0.2, -0.15) is 0 Å². The van der Waals surface area contributed by atoms with Crippen LogP contribution in [0, 0.1) is 0 Å². The van der Waals surface area contributed by atoms with Crippen molar-refractivity contribution >= 4 is 29.6 Å². The predicted octanol–water partition coefficient (Wildman–Crippen LogP) is 9.40. The van der Waals surface area contributed by atoms with Crippen LogP contribution in [0.5, 0.6) is 11.5 Å². The van der Waals surface area contributed by atoms with Crippen molar-refractivity contribution in [2.75, 3.05) is 27.5 Å². The van der Waals surface area contributed by atoms with Crippen molar-refractivity contribution in [2.45, 2.75) is 115 Å². The van der Waals surface area contributed by atoms with Gasteiger partial charge in [0, 0.05) is 18.1 Å². The molecule has 0 bridgehead atoms. The number of hydrogen-bond donors (Lipinski definition) is 0. The van der Waals surface area contributed by atoms with Gasteiger partial charge in [0.1, 0.15) is 39.3 Å². The van der Waals surface area contributed by atoms with Crippen LogP contribution in [0.2, 0.25) is 11.1 Å². The molecule has 4 atom stereocenters. The summed E-state index contributed by atoms with van der Waals surface area (Å²) in [4.78, 5) is 0. The number of rotatable bonds is 19. The Morgan fingerprint density at radius 3 is 1.70 bits per heavy atom. The van der Waals surface area contributed by atoms with Gasteiger partial charge < -0.3 is 27.9 Å². The summed E-state index contributed by atoms with van der Waals surface area (Å²) in [7, 11) is 2.26. The second-order valence-electron chi connectivity index (χ2n) is 16.3. The van der Waals surface area contributed by atoms with E-state index in [9.17, 15) is 0 Å². The minimum Gasteiger partial charge on any atom is -0.497 e. The summed E-state index contributed by atoms with van der Waals surface area (Å²) in [5, 5.41) is 1.31. The molecular weight excluding hydrogens is 732 g/mol. The van der Waals surface area contributed by atoms with E-state index in [2.05, 4.69) is 147 Å². The monoisotopic (exact) mass is 797 g/mol. The minimum absolute atomic E-state index is 0.0347. The fourth-order valence-corrected chi connectivity index (χ4v) is 15.3. The van der Waals surface area contributed by atoms with Crippen LogP contribution >= 0.6 is 8.30 Å². The van der Waals surface area contributed by atoms with E-state index in [0.717, 1.165) is 34.6 Å². The highest BCUT2D eigenvalue weighted by atomic mass is 31.2. The van der Waals surface area contributed by atoms with Crippen LogP contribution in [0.4, 0.5) is 0 Å². The molecule has 1 heterocycles. The number of ether oxygens (including phenoxy) is 4. The van der Waals surface area contributed by atoms with Gasteiger partial charge in [0.15, 0.2) is 0 Å². The molecule has 1 saturated heterocycles. The number of methoxy groups -OCH3 is 2. The summed E-state index contributed by atoms with van der Waals surface area (Å²) in [6.45, 7) is 21.4. The quantitative estimate of drug-likeness (QED) is 0.0533. The molecule has 2 unspecified atom stereocenters. The third kappa shape index (κ3) is 9.64. The van der Waals surface area contributed by atoms with Gasteiger partial charge >= 0.3 is 0 Å². The SMILES string of the molecule is B[C@H]1CC(O[Si](c2ccc(COP(C)N(C(C)C)C(C)C)cc2)(C(C)C)C(C)C)[C@@H](COC(c2ccccc2)(c2ccc(OC)cc2)c2ccc(OC)cc2)O1. The van der Waals surface area contributed by atoms with Crippen LogP contribution in [0.25, 0.3) is 0 Å². The van der Waals surface area contributed by atoms with Gasteiger partial charge in [0.05, 0.1) is 33.5 Å². The third-order valence-corrected chi connectivity index (χ3v) is 18.7. The van der Waals surface area contributed by atoms with Crippen LogP contribution in [0.3, 0.4) is 0 Å². The average molecular weight is 798 g/mol. The zero-order valence-corrected chi connectivity index (χ0v) is 37.7. The van der Waals surface area contributed by atoms with Crippen LogP contribution in [0.1, 0.15) is 84.1 Å². The molecule has 4 aromatic carbocycles. The van der Waals surface area contributed by atoms with E-state index in [4.69, 9.17) is 27.9 Å². The Balaban J connectivity index is 1.46. The molecule has 10 heteroatoms. The zero-order valence-electron chi connectivity index (χ0n) is 35.8. The van der Waals surface area contributed by atoms with Gasteiger partial charge in [0.2, 0.25) is 8.32 Å². The second kappa shape index (κ2) is 19.6. The first kappa shape index (κ1) is 44.1. The molecular formula is C46H65BNO6PSi. The van der Waals surface area contributed by atoms with Crippen molar-refractivity contribution in [3.05, 3.63) is 125 Å². The van der Waals surface area contributed by atoms with E-state index < -0.39 is 22.2 Å². The Hall–Kier alpha value is -3.01. The van der Waals surface area contributed by atoms with Crippen molar-refractivity contribution < 1.29 is 27.9 Å². The summed E-state index contributed by atoms with van der Waals surface area (Å²) in [5.74, 6) is 1.57. The first-order valence-corrected chi connectivity index (χ1v) is 24.0. The molecule has 1 aliphatic heterocycles. The summed E-state index contributed by atoms with van der Waals surface area (Å²) < 4.78 is 41.8. The average Bonchev–Trinajstić information content (AvgIpc) is 3.54. The standard InChI is InChI=1S/C46H65BNO6PSi/c1-32(2)48(33(3)4)55(11)52-30-36-17-27-42(28-18-36)56(34(5)6,35(7)8)54-43-29-45(47)53-44(43)31-51-46(37-15-13-12-14-16-37,38-19-23-40(49-9)24-20-38)39-21-25-41(50-10)26-22-39/h12-28,32-35,43-45H,29-31,47H2,1-11H3/t43?,44-,45-,55?/m1/s1. The molecule has 0 aliphatic carbocycles. The predicted molar refractivity (Wildman–Crippen MR) is 237 cm³/mol. The highest BCUT2D eigenvalue weighted by Crippen LogP contribution is 2.44. The molecule has 1 aliphatic rings. The number of hydrogen-bond acceptors (Lipinski definition) is 7. The normalized spacial score (nSPS) is 18.4. The molecule has 0 spiro atoms. The van der Waals surface area contributed by atoms with Gasteiger partial charge in [-0.1, -0.05) is 107 Å².